The first-order valence-electron chi connectivity index (χ1n) is 10.7. The molecule has 0 spiro atoms. The van der Waals surface area contributed by atoms with Gasteiger partial charge in [-0.3, -0.25) is 9.59 Å². The smallest absolute Gasteiger partial charge is 0.329 e. The first-order valence-corrected chi connectivity index (χ1v) is 11.8. The van der Waals surface area contributed by atoms with Crippen LogP contribution in [0.4, 0.5) is 10.1 Å². The van der Waals surface area contributed by atoms with Crippen molar-refractivity contribution in [1.29, 1.82) is 0 Å². The number of aromatic nitrogens is 1. The maximum atomic E-state index is 13.2. The van der Waals surface area contributed by atoms with Crippen LogP contribution in [0, 0.1) is 9.39 Å². The Morgan fingerprint density at radius 1 is 0.971 bits per heavy atom. The number of nitrogens with one attached hydrogen (secondary N) is 3. The molecule has 0 bridgehead atoms. The number of esters is 1. The summed E-state index contributed by atoms with van der Waals surface area (Å²) in [6, 6.07) is 18.6. The number of anilines is 1. The van der Waals surface area contributed by atoms with Gasteiger partial charge < -0.3 is 20.4 Å². The van der Waals surface area contributed by atoms with E-state index < -0.39 is 36.2 Å². The van der Waals surface area contributed by atoms with Crippen LogP contribution in [0.5, 0.6) is 0 Å². The molecule has 1 heterocycles. The highest BCUT2D eigenvalue weighted by molar-refractivity contribution is 14.1. The fraction of sp³-hybridized carbons (Fsp3) is 0.115. The zero-order valence-corrected chi connectivity index (χ0v) is 20.5. The molecule has 1 aromatic heterocycles. The summed E-state index contributed by atoms with van der Waals surface area (Å²) in [5.74, 6) is -2.30. The van der Waals surface area contributed by atoms with Crippen LogP contribution in [0.2, 0.25) is 0 Å². The van der Waals surface area contributed by atoms with E-state index in [1.807, 2.05) is 36.4 Å². The molecule has 4 rings (SSSR count). The van der Waals surface area contributed by atoms with Crippen LogP contribution in [0.15, 0.2) is 79.0 Å². The van der Waals surface area contributed by atoms with E-state index in [4.69, 9.17) is 4.74 Å². The Hall–Kier alpha value is -3.73. The Balaban J connectivity index is 1.46. The predicted molar refractivity (Wildman–Crippen MR) is 138 cm³/mol. The van der Waals surface area contributed by atoms with Gasteiger partial charge in [-0.05, 0) is 82.8 Å². The molecule has 1 unspecified atom stereocenters. The van der Waals surface area contributed by atoms with Crippen LogP contribution in [0.25, 0.3) is 10.9 Å². The Bertz CT molecular complexity index is 1350. The molecule has 0 aliphatic heterocycles. The number of halogens is 2. The topological polar surface area (TPSA) is 100 Å². The molecule has 2 amide bonds. The number of hydrogen-bond acceptors (Lipinski definition) is 4. The van der Waals surface area contributed by atoms with E-state index in [-0.39, 0.29) is 12.0 Å². The van der Waals surface area contributed by atoms with E-state index in [9.17, 15) is 18.8 Å². The second-order valence-corrected chi connectivity index (χ2v) is 9.00. The summed E-state index contributed by atoms with van der Waals surface area (Å²) in [5.41, 5.74) is 2.45. The van der Waals surface area contributed by atoms with Gasteiger partial charge in [-0.25, -0.2) is 9.18 Å². The van der Waals surface area contributed by atoms with Crippen molar-refractivity contribution in [3.05, 3.63) is 99.5 Å². The molecule has 0 aliphatic rings. The van der Waals surface area contributed by atoms with Crippen molar-refractivity contribution in [2.75, 3.05) is 11.9 Å². The van der Waals surface area contributed by atoms with E-state index >= 15 is 0 Å². The van der Waals surface area contributed by atoms with E-state index in [1.165, 1.54) is 12.1 Å². The van der Waals surface area contributed by atoms with Gasteiger partial charge >= 0.3 is 5.97 Å². The van der Waals surface area contributed by atoms with Gasteiger partial charge in [0.05, 0.1) is 0 Å². The molecule has 3 N–H and O–H groups in total. The normalized spacial score (nSPS) is 11.6. The number of H-pyrrole nitrogens is 1. The molecule has 178 valence electrons. The monoisotopic (exact) mass is 585 g/mol. The molecule has 35 heavy (non-hydrogen) atoms. The third-order valence-electron chi connectivity index (χ3n) is 5.27. The average molecular weight is 585 g/mol. The van der Waals surface area contributed by atoms with Gasteiger partial charge in [0.25, 0.3) is 11.8 Å². The highest BCUT2D eigenvalue weighted by Crippen LogP contribution is 2.20. The maximum absolute atomic E-state index is 13.2. The van der Waals surface area contributed by atoms with Crippen molar-refractivity contribution >= 4 is 57.0 Å². The molecule has 3 aromatic carbocycles. The van der Waals surface area contributed by atoms with Crippen LogP contribution in [0.3, 0.4) is 0 Å². The molecule has 9 heteroatoms. The Morgan fingerprint density at radius 2 is 1.69 bits per heavy atom. The molecule has 7 nitrogen and oxygen atoms in total. The molecular formula is C26H21FIN3O4. The minimum atomic E-state index is -1.07. The van der Waals surface area contributed by atoms with Crippen molar-refractivity contribution in [3.8, 4) is 0 Å². The minimum Gasteiger partial charge on any atom is -0.454 e. The number of carbonyl (C=O) groups is 3. The van der Waals surface area contributed by atoms with Crippen LogP contribution in [-0.2, 0) is 20.7 Å². The number of hydrogen-bond donors (Lipinski definition) is 3. The summed E-state index contributed by atoms with van der Waals surface area (Å²) in [5, 5.41) is 6.21. The summed E-state index contributed by atoms with van der Waals surface area (Å²) in [6.45, 7) is -0.512. The minimum absolute atomic E-state index is 0.133. The molecule has 0 aliphatic carbocycles. The molecule has 0 radical (unpaired) electrons. The van der Waals surface area contributed by atoms with Crippen molar-refractivity contribution in [1.82, 2.24) is 10.3 Å². The Kier molecular flexibility index (Phi) is 7.76. The van der Waals surface area contributed by atoms with Crippen LogP contribution < -0.4 is 10.6 Å². The SMILES string of the molecule is O=C(COC(=O)C(Cc1c[nH]c2ccccc12)NC(=O)c1ccc(F)cc1)Nc1ccc(I)cc1. The van der Waals surface area contributed by atoms with Gasteiger partial charge in [-0.2, -0.15) is 0 Å². The predicted octanol–water partition coefficient (Wildman–Crippen LogP) is 4.43. The lowest BCUT2D eigenvalue weighted by Gasteiger charge is -2.18. The number of rotatable bonds is 8. The zero-order chi connectivity index (χ0) is 24.8. The molecular weight excluding hydrogens is 564 g/mol. The average Bonchev–Trinajstić information content (AvgIpc) is 3.27. The number of ether oxygens (including phenoxy) is 1. The van der Waals surface area contributed by atoms with Crippen molar-refractivity contribution in [2.45, 2.75) is 12.5 Å². The molecule has 0 saturated carbocycles. The number of fused-ring (bicyclic) bond motifs is 1. The fourth-order valence-corrected chi connectivity index (χ4v) is 3.88. The molecule has 0 fully saturated rings. The zero-order valence-electron chi connectivity index (χ0n) is 18.4. The molecule has 0 saturated heterocycles. The summed E-state index contributed by atoms with van der Waals surface area (Å²) in [4.78, 5) is 41.1. The fourth-order valence-electron chi connectivity index (χ4n) is 3.52. The first-order chi connectivity index (χ1) is 16.9. The van der Waals surface area contributed by atoms with Gasteiger partial charge in [-0.15, -0.1) is 0 Å². The lowest BCUT2D eigenvalue weighted by atomic mass is 10.0. The second-order valence-electron chi connectivity index (χ2n) is 7.76. The van der Waals surface area contributed by atoms with E-state index in [1.54, 1.807) is 18.3 Å². The maximum Gasteiger partial charge on any atom is 0.329 e. The van der Waals surface area contributed by atoms with Gasteiger partial charge in [0, 0.05) is 38.3 Å². The standard InChI is InChI=1S/C26H21FIN3O4/c27-18-7-5-16(6-8-18)25(33)31-23(13-17-14-29-22-4-2-1-3-21(17)22)26(34)35-15-24(32)30-20-11-9-19(28)10-12-20/h1-12,14,23,29H,13,15H2,(H,30,32)(H,31,33). The van der Waals surface area contributed by atoms with Crippen molar-refractivity contribution in [2.24, 2.45) is 0 Å². The number of carbonyl (C=O) groups excluding carboxylic acids is 3. The highest BCUT2D eigenvalue weighted by atomic mass is 127. The quantitative estimate of drug-likeness (QED) is 0.211. The summed E-state index contributed by atoms with van der Waals surface area (Å²) < 4.78 is 19.5. The number of amides is 2. The summed E-state index contributed by atoms with van der Waals surface area (Å²) in [7, 11) is 0. The first kappa shape index (κ1) is 24.4. The Morgan fingerprint density at radius 3 is 2.43 bits per heavy atom. The van der Waals surface area contributed by atoms with Crippen LogP contribution in [-0.4, -0.2) is 35.4 Å². The highest BCUT2D eigenvalue weighted by Gasteiger charge is 2.25. The number of aromatic amines is 1. The van der Waals surface area contributed by atoms with Crippen LogP contribution in [0.1, 0.15) is 15.9 Å². The van der Waals surface area contributed by atoms with Crippen molar-refractivity contribution < 1.29 is 23.5 Å². The van der Waals surface area contributed by atoms with Gasteiger partial charge in [0.15, 0.2) is 6.61 Å². The van der Waals surface area contributed by atoms with Gasteiger partial charge in [0.1, 0.15) is 11.9 Å². The van der Waals surface area contributed by atoms with E-state index in [0.29, 0.717) is 5.69 Å². The molecule has 1 atom stereocenters. The van der Waals surface area contributed by atoms with Gasteiger partial charge in [0.2, 0.25) is 0 Å². The summed E-state index contributed by atoms with van der Waals surface area (Å²) >= 11 is 2.15. The lowest BCUT2D eigenvalue weighted by molar-refractivity contribution is -0.149. The molecule has 4 aromatic rings. The third kappa shape index (κ3) is 6.44. The largest absolute Gasteiger partial charge is 0.454 e. The number of para-hydroxylation sites is 1. The third-order valence-corrected chi connectivity index (χ3v) is 5.99. The van der Waals surface area contributed by atoms with Crippen LogP contribution >= 0.6 is 22.6 Å². The Labute approximate surface area is 214 Å². The van der Waals surface area contributed by atoms with E-state index in [2.05, 4.69) is 38.2 Å². The number of benzene rings is 3. The lowest BCUT2D eigenvalue weighted by Crippen LogP contribution is -2.44. The summed E-state index contributed by atoms with van der Waals surface area (Å²) in [6.07, 6.45) is 1.90. The van der Waals surface area contributed by atoms with Gasteiger partial charge in [-0.1, -0.05) is 18.2 Å². The van der Waals surface area contributed by atoms with Crippen molar-refractivity contribution in [3.63, 3.8) is 0 Å². The van der Waals surface area contributed by atoms with E-state index in [0.717, 1.165) is 32.2 Å². The second kappa shape index (κ2) is 11.1.